The number of hydrogen-bond acceptors (Lipinski definition) is 4. The number of rotatable bonds is 3. The molecule has 0 saturated heterocycles. The Kier molecular flexibility index (Phi) is 3.46. The van der Waals surface area contributed by atoms with Crippen molar-refractivity contribution in [2.75, 3.05) is 0 Å². The molecule has 3 aromatic rings. The molecule has 0 fully saturated rings. The fraction of sp³-hybridized carbons (Fsp3) is 0. The third-order valence-corrected chi connectivity index (χ3v) is 3.16. The van der Waals surface area contributed by atoms with Crippen LogP contribution in [0.2, 0.25) is 0 Å². The highest BCUT2D eigenvalue weighted by atomic mass is 19.1. The summed E-state index contributed by atoms with van der Waals surface area (Å²) in [5, 5.41) is 19.0. The number of carbonyl (C=O) groups is 1. The molecule has 0 aliphatic heterocycles. The Morgan fingerprint density at radius 1 is 1.09 bits per heavy atom. The minimum Gasteiger partial charge on any atom is -0.289 e. The molecule has 3 rings (SSSR count). The molecular weight excluding hydrogens is 283 g/mol. The van der Waals surface area contributed by atoms with Crippen LogP contribution in [0.4, 0.5) is 4.39 Å². The third-order valence-electron chi connectivity index (χ3n) is 3.16. The van der Waals surface area contributed by atoms with E-state index >= 15 is 0 Å². The number of ketones is 1. The van der Waals surface area contributed by atoms with Gasteiger partial charge in [-0.2, -0.15) is 15.6 Å². The lowest BCUT2D eigenvalue weighted by Crippen LogP contribution is -2.01. The summed E-state index contributed by atoms with van der Waals surface area (Å²) in [5.74, 6) is -0.629. The second-order valence-electron chi connectivity index (χ2n) is 4.55. The Morgan fingerprint density at radius 3 is 2.59 bits per heavy atom. The first kappa shape index (κ1) is 13.6. The fourth-order valence-electron chi connectivity index (χ4n) is 2.09. The van der Waals surface area contributed by atoms with E-state index in [9.17, 15) is 9.18 Å². The van der Waals surface area contributed by atoms with Crippen molar-refractivity contribution < 1.29 is 9.18 Å². The highest BCUT2D eigenvalue weighted by Gasteiger charge is 2.13. The van der Waals surface area contributed by atoms with Crippen LogP contribution in [0.1, 0.15) is 21.6 Å². The minimum absolute atomic E-state index is 0.159. The molecule has 5 nitrogen and oxygen atoms in total. The first-order chi connectivity index (χ1) is 10.7. The molecule has 1 N–H and O–H groups in total. The van der Waals surface area contributed by atoms with Crippen LogP contribution in [-0.2, 0) is 0 Å². The van der Waals surface area contributed by atoms with Gasteiger partial charge >= 0.3 is 0 Å². The lowest BCUT2D eigenvalue weighted by atomic mass is 10.00. The number of carbonyl (C=O) groups excluding carboxylic acids is 1. The van der Waals surface area contributed by atoms with Gasteiger partial charge in [0.05, 0.1) is 0 Å². The number of halogens is 1. The molecular formula is C16H9FN4O. The average molecular weight is 292 g/mol. The van der Waals surface area contributed by atoms with Gasteiger partial charge in [0.1, 0.15) is 17.6 Å². The van der Waals surface area contributed by atoms with Crippen molar-refractivity contribution in [2.24, 2.45) is 0 Å². The van der Waals surface area contributed by atoms with E-state index in [0.717, 1.165) is 0 Å². The number of nitrogens with one attached hydrogen (secondary N) is 1. The zero-order chi connectivity index (χ0) is 15.5. The standard InChI is InChI=1S/C16H9FN4O/c17-13-6-4-10(5-7-13)16(22)12-3-1-2-11(8-12)15-14(9-18)19-21-20-15/h1-8H,(H,19,20,21). The number of H-pyrrole nitrogens is 1. The number of aromatic amines is 1. The summed E-state index contributed by atoms with van der Waals surface area (Å²) in [6.45, 7) is 0. The van der Waals surface area contributed by atoms with Crippen molar-refractivity contribution in [3.63, 3.8) is 0 Å². The van der Waals surface area contributed by atoms with Gasteiger partial charge in [-0.25, -0.2) is 4.39 Å². The Morgan fingerprint density at radius 2 is 1.86 bits per heavy atom. The SMILES string of the molecule is N#Cc1n[nH]nc1-c1cccc(C(=O)c2ccc(F)cc2)c1. The maximum atomic E-state index is 12.9. The van der Waals surface area contributed by atoms with Crippen LogP contribution in [0.5, 0.6) is 0 Å². The van der Waals surface area contributed by atoms with Gasteiger partial charge in [-0.05, 0) is 30.3 Å². The zero-order valence-electron chi connectivity index (χ0n) is 11.2. The Labute approximate surface area is 125 Å². The second-order valence-corrected chi connectivity index (χ2v) is 4.55. The molecule has 106 valence electrons. The van der Waals surface area contributed by atoms with Gasteiger partial charge in [0.2, 0.25) is 0 Å². The van der Waals surface area contributed by atoms with Gasteiger partial charge in [0, 0.05) is 16.7 Å². The van der Waals surface area contributed by atoms with Gasteiger partial charge in [0.15, 0.2) is 11.5 Å². The minimum atomic E-state index is -0.397. The van der Waals surface area contributed by atoms with Crippen LogP contribution in [0.25, 0.3) is 11.3 Å². The van der Waals surface area contributed by atoms with Crippen LogP contribution in [0.3, 0.4) is 0 Å². The lowest BCUT2D eigenvalue weighted by Gasteiger charge is -2.03. The smallest absolute Gasteiger partial charge is 0.193 e. The van der Waals surface area contributed by atoms with Gasteiger partial charge in [-0.3, -0.25) is 4.79 Å². The van der Waals surface area contributed by atoms with Crippen molar-refractivity contribution in [3.8, 4) is 17.3 Å². The van der Waals surface area contributed by atoms with E-state index in [0.29, 0.717) is 22.4 Å². The van der Waals surface area contributed by atoms with Gasteiger partial charge in [0.25, 0.3) is 0 Å². The first-order valence-corrected chi connectivity index (χ1v) is 6.40. The topological polar surface area (TPSA) is 82.4 Å². The number of benzene rings is 2. The Balaban J connectivity index is 2.00. The van der Waals surface area contributed by atoms with Crippen molar-refractivity contribution in [1.29, 1.82) is 5.26 Å². The van der Waals surface area contributed by atoms with Crippen LogP contribution < -0.4 is 0 Å². The highest BCUT2D eigenvalue weighted by molar-refractivity contribution is 6.09. The molecule has 1 heterocycles. The Bertz CT molecular complexity index is 878. The first-order valence-electron chi connectivity index (χ1n) is 6.40. The summed E-state index contributed by atoms with van der Waals surface area (Å²) >= 11 is 0. The molecule has 22 heavy (non-hydrogen) atoms. The lowest BCUT2D eigenvalue weighted by molar-refractivity contribution is 0.103. The predicted molar refractivity (Wildman–Crippen MR) is 76.4 cm³/mol. The second kappa shape index (κ2) is 5.58. The van der Waals surface area contributed by atoms with Gasteiger partial charge < -0.3 is 0 Å². The van der Waals surface area contributed by atoms with Crippen LogP contribution >= 0.6 is 0 Å². The Hall–Kier alpha value is -3.33. The zero-order valence-corrected chi connectivity index (χ0v) is 11.2. The average Bonchev–Trinajstić information content (AvgIpc) is 3.04. The molecule has 0 saturated carbocycles. The van der Waals surface area contributed by atoms with E-state index in [1.807, 2.05) is 6.07 Å². The molecule has 0 unspecified atom stereocenters. The number of aromatic nitrogens is 3. The molecule has 2 aromatic carbocycles. The van der Waals surface area contributed by atoms with Crippen LogP contribution in [0.15, 0.2) is 48.5 Å². The van der Waals surface area contributed by atoms with Crippen molar-refractivity contribution in [2.45, 2.75) is 0 Å². The fourth-order valence-corrected chi connectivity index (χ4v) is 2.09. The van der Waals surface area contributed by atoms with Crippen LogP contribution in [-0.4, -0.2) is 21.2 Å². The summed E-state index contributed by atoms with van der Waals surface area (Å²) < 4.78 is 12.9. The number of nitriles is 1. The monoisotopic (exact) mass is 292 g/mol. The van der Waals surface area contributed by atoms with E-state index in [2.05, 4.69) is 15.4 Å². The van der Waals surface area contributed by atoms with E-state index in [1.165, 1.54) is 24.3 Å². The summed E-state index contributed by atoms with van der Waals surface area (Å²) in [6, 6.07) is 14.0. The summed E-state index contributed by atoms with van der Waals surface area (Å²) in [6.07, 6.45) is 0. The van der Waals surface area contributed by atoms with E-state index in [1.54, 1.807) is 24.3 Å². The maximum absolute atomic E-state index is 12.9. The number of hydrogen-bond donors (Lipinski definition) is 1. The highest BCUT2D eigenvalue weighted by Crippen LogP contribution is 2.21. The van der Waals surface area contributed by atoms with E-state index < -0.39 is 5.82 Å². The molecule has 0 spiro atoms. The van der Waals surface area contributed by atoms with Crippen LogP contribution in [0, 0.1) is 17.1 Å². The van der Waals surface area contributed by atoms with Crippen molar-refractivity contribution in [3.05, 3.63) is 71.2 Å². The summed E-state index contributed by atoms with van der Waals surface area (Å²) in [7, 11) is 0. The van der Waals surface area contributed by atoms with Gasteiger partial charge in [-0.1, -0.05) is 18.2 Å². The molecule has 0 aliphatic carbocycles. The number of nitrogens with zero attached hydrogens (tertiary/aromatic N) is 3. The molecule has 0 atom stereocenters. The maximum Gasteiger partial charge on any atom is 0.193 e. The molecule has 0 aliphatic rings. The molecule has 0 bridgehead atoms. The third kappa shape index (κ3) is 2.47. The molecule has 0 radical (unpaired) electrons. The van der Waals surface area contributed by atoms with E-state index in [-0.39, 0.29) is 11.5 Å². The summed E-state index contributed by atoms with van der Waals surface area (Å²) in [5.41, 5.74) is 1.97. The van der Waals surface area contributed by atoms with E-state index in [4.69, 9.17) is 5.26 Å². The van der Waals surface area contributed by atoms with Gasteiger partial charge in [-0.15, -0.1) is 5.10 Å². The molecule has 1 aromatic heterocycles. The largest absolute Gasteiger partial charge is 0.289 e. The van der Waals surface area contributed by atoms with Crippen molar-refractivity contribution in [1.82, 2.24) is 15.4 Å². The quantitative estimate of drug-likeness (QED) is 0.752. The predicted octanol–water partition coefficient (Wildman–Crippen LogP) is 2.71. The molecule has 0 amide bonds. The normalized spacial score (nSPS) is 10.2. The van der Waals surface area contributed by atoms with Crippen molar-refractivity contribution >= 4 is 5.78 Å². The summed E-state index contributed by atoms with van der Waals surface area (Å²) in [4.78, 5) is 12.4. The molecule has 6 heteroatoms.